The predicted molar refractivity (Wildman–Crippen MR) is 170 cm³/mol. The van der Waals surface area contributed by atoms with E-state index in [2.05, 4.69) is 125 Å². The topological polar surface area (TPSA) is 60.7 Å². The van der Waals surface area contributed by atoms with Crippen LogP contribution in [-0.2, 0) is 0 Å². The fraction of sp³-hybridized carbons (Fsp3) is 1.00. The van der Waals surface area contributed by atoms with Crippen molar-refractivity contribution >= 4 is 33.7 Å². The summed E-state index contributed by atoms with van der Waals surface area (Å²) in [7, 11) is -3.53. The van der Waals surface area contributed by atoms with E-state index in [0.717, 1.165) is 49.9 Å². The normalized spacial score (nSPS) is 11.9. The first-order valence-corrected chi connectivity index (χ1v) is 20.2. The van der Waals surface area contributed by atoms with Crippen LogP contribution in [0.25, 0.3) is 0 Å². The van der Waals surface area contributed by atoms with Crippen molar-refractivity contribution in [3.63, 3.8) is 0 Å². The maximum Gasteiger partial charge on any atom is 0.631 e. The summed E-state index contributed by atoms with van der Waals surface area (Å²) in [6.45, 7) is 42.9. The van der Waals surface area contributed by atoms with Gasteiger partial charge in [0.25, 0.3) is 0 Å². The summed E-state index contributed by atoms with van der Waals surface area (Å²) < 4.78 is 0. The Morgan fingerprint density at radius 1 is 0.294 bits per heavy atom. The first kappa shape index (κ1) is 41.7. The summed E-state index contributed by atoms with van der Waals surface area (Å²) in [5.74, 6) is 0. The van der Waals surface area contributed by atoms with Gasteiger partial charge in [0.05, 0.1) is 0 Å². The predicted octanol–water partition coefficient (Wildman–Crippen LogP) is 8.28. The Hall–Kier alpha value is 0.596. The van der Waals surface area contributed by atoms with Crippen LogP contribution >= 0.6 is 0 Å². The minimum atomic E-state index is -2.17. The quantitative estimate of drug-likeness (QED) is 0.260. The highest BCUT2D eigenvalue weighted by molar-refractivity contribution is 6.63. The number of rotatable bonds is 9. The van der Waals surface area contributed by atoms with Crippen LogP contribution in [0.5, 0.6) is 0 Å². The smallest absolute Gasteiger partial charge is 0.402 e. The van der Waals surface area contributed by atoms with E-state index in [9.17, 15) is 0 Å². The van der Waals surface area contributed by atoms with Crippen LogP contribution in [0.15, 0.2) is 0 Å². The Kier molecular flexibility index (Phi) is 27.9. The van der Waals surface area contributed by atoms with Gasteiger partial charge < -0.3 is 15.1 Å². The van der Waals surface area contributed by atoms with Crippen molar-refractivity contribution in [1.29, 1.82) is 0 Å². The molecule has 0 aliphatic heterocycles. The van der Waals surface area contributed by atoms with E-state index >= 15 is 0 Å². The van der Waals surface area contributed by atoms with Gasteiger partial charge >= 0.3 is 7.32 Å². The third-order valence-electron chi connectivity index (χ3n) is 6.93. The maximum absolute atomic E-state index is 7.17. The SMILES string of the molecule is CC(C)[SiH](C(C)C)C(C)C.CC(C)[SiH](C(C)C)C(C)C.CC(C)[SiH](C(C)C)C(C)C.OB(O)O. The van der Waals surface area contributed by atoms with Gasteiger partial charge in [0.15, 0.2) is 0 Å². The molecule has 3 N–H and O–H groups in total. The molecule has 3 nitrogen and oxygen atoms in total. The molecule has 0 fully saturated rings. The van der Waals surface area contributed by atoms with Crippen molar-refractivity contribution in [3.05, 3.63) is 0 Å². The van der Waals surface area contributed by atoms with Gasteiger partial charge in [-0.05, 0) is 0 Å². The molecule has 0 aromatic rings. The Labute approximate surface area is 222 Å². The molecule has 0 aliphatic rings. The van der Waals surface area contributed by atoms with Crippen molar-refractivity contribution in [3.8, 4) is 0 Å². The molecule has 0 saturated carbocycles. The van der Waals surface area contributed by atoms with Gasteiger partial charge in [0, 0.05) is 26.4 Å². The van der Waals surface area contributed by atoms with E-state index in [-0.39, 0.29) is 0 Å². The second-order valence-corrected chi connectivity index (χ2v) is 28.7. The molecule has 0 spiro atoms. The van der Waals surface area contributed by atoms with E-state index in [0.29, 0.717) is 0 Å². The molecule has 210 valence electrons. The average Bonchev–Trinajstić information content (AvgIpc) is 2.51. The van der Waals surface area contributed by atoms with Crippen molar-refractivity contribution in [2.75, 3.05) is 0 Å². The van der Waals surface area contributed by atoms with Crippen LogP contribution in [-0.4, -0.2) is 48.8 Å². The molecule has 0 rings (SSSR count). The highest BCUT2D eigenvalue weighted by Crippen LogP contribution is 2.30. The van der Waals surface area contributed by atoms with E-state index in [1.165, 1.54) is 0 Å². The fourth-order valence-corrected chi connectivity index (χ4v) is 20.8. The molecule has 0 bridgehead atoms. The van der Waals surface area contributed by atoms with Crippen LogP contribution in [0.4, 0.5) is 0 Å². The molecular formula is C27H69BO3Si3. The molecule has 7 heteroatoms. The minimum Gasteiger partial charge on any atom is -0.402 e. The largest absolute Gasteiger partial charge is 0.631 e. The van der Waals surface area contributed by atoms with E-state index < -0.39 is 33.7 Å². The average molecular weight is 537 g/mol. The van der Waals surface area contributed by atoms with Crippen LogP contribution in [0.1, 0.15) is 125 Å². The van der Waals surface area contributed by atoms with Gasteiger partial charge in [-0.2, -0.15) is 0 Å². The van der Waals surface area contributed by atoms with Gasteiger partial charge in [-0.1, -0.05) is 174 Å². The van der Waals surface area contributed by atoms with Gasteiger partial charge in [0.2, 0.25) is 0 Å². The van der Waals surface area contributed by atoms with E-state index in [1.54, 1.807) is 0 Å². The Balaban J connectivity index is -0.000000184. The molecule has 0 aliphatic carbocycles. The molecule has 0 aromatic carbocycles. The van der Waals surface area contributed by atoms with Gasteiger partial charge in [-0.3, -0.25) is 0 Å². The summed E-state index contributed by atoms with van der Waals surface area (Å²) in [6, 6.07) is 0. The third kappa shape index (κ3) is 24.3. The molecular weight excluding hydrogens is 467 g/mol. The fourth-order valence-electron chi connectivity index (χ4n) is 6.93. The van der Waals surface area contributed by atoms with Gasteiger partial charge in [-0.25, -0.2) is 0 Å². The van der Waals surface area contributed by atoms with Crippen LogP contribution in [0, 0.1) is 0 Å². The lowest BCUT2D eigenvalue weighted by Gasteiger charge is -2.26. The molecule has 0 atom stereocenters. The van der Waals surface area contributed by atoms with Crippen molar-refractivity contribution in [2.24, 2.45) is 0 Å². The second-order valence-electron chi connectivity index (χ2n) is 13.3. The summed E-state index contributed by atoms with van der Waals surface area (Å²) in [5, 5.41) is 21.5. The molecule has 0 amide bonds. The number of hydrogen-bond donors (Lipinski definition) is 3. The molecule has 0 saturated heterocycles. The van der Waals surface area contributed by atoms with Crippen LogP contribution in [0.3, 0.4) is 0 Å². The molecule has 34 heavy (non-hydrogen) atoms. The first-order valence-electron chi connectivity index (χ1n) is 14.2. The van der Waals surface area contributed by atoms with Crippen molar-refractivity contribution in [2.45, 2.75) is 174 Å². The zero-order chi connectivity index (χ0) is 28.5. The highest BCUT2D eigenvalue weighted by Gasteiger charge is 2.23. The minimum absolute atomic E-state index is 0.454. The third-order valence-corrected chi connectivity index (χ3v) is 20.8. The Morgan fingerprint density at radius 3 is 0.353 bits per heavy atom. The zero-order valence-corrected chi connectivity index (χ0v) is 30.3. The molecule has 0 radical (unpaired) electrons. The lowest BCUT2D eigenvalue weighted by Crippen LogP contribution is -2.24. The lowest BCUT2D eigenvalue weighted by atomic mass is 10.3. The lowest BCUT2D eigenvalue weighted by molar-refractivity contribution is 0.278. The first-order chi connectivity index (χ1) is 15.1. The van der Waals surface area contributed by atoms with Crippen molar-refractivity contribution in [1.82, 2.24) is 0 Å². The van der Waals surface area contributed by atoms with Crippen molar-refractivity contribution < 1.29 is 15.1 Å². The van der Waals surface area contributed by atoms with Gasteiger partial charge in [0.1, 0.15) is 0 Å². The van der Waals surface area contributed by atoms with Crippen LogP contribution in [0.2, 0.25) is 49.9 Å². The maximum atomic E-state index is 7.17. The molecule has 0 heterocycles. The summed E-state index contributed by atoms with van der Waals surface area (Å²) in [6.07, 6.45) is 0. The van der Waals surface area contributed by atoms with Crippen LogP contribution < -0.4 is 0 Å². The monoisotopic (exact) mass is 536 g/mol. The Morgan fingerprint density at radius 2 is 0.353 bits per heavy atom. The molecule has 0 aromatic heterocycles. The van der Waals surface area contributed by atoms with Gasteiger partial charge in [-0.15, -0.1) is 0 Å². The summed E-state index contributed by atoms with van der Waals surface area (Å²) in [5.41, 5.74) is 8.75. The Bertz CT molecular complexity index is 310. The summed E-state index contributed by atoms with van der Waals surface area (Å²) in [4.78, 5) is 0. The number of hydrogen-bond acceptors (Lipinski definition) is 3. The second kappa shape index (κ2) is 22.8. The molecule has 0 unspecified atom stereocenters. The zero-order valence-electron chi connectivity index (χ0n) is 26.8. The van der Waals surface area contributed by atoms with E-state index in [1.807, 2.05) is 0 Å². The summed E-state index contributed by atoms with van der Waals surface area (Å²) >= 11 is 0. The standard InChI is InChI=1S/3C9H22Si.BH3O3/c3*1-7(2)10(8(3)4)9(5)6;2-1(3)4/h3*7-10H,1-6H3;2-4H. The van der Waals surface area contributed by atoms with E-state index in [4.69, 9.17) is 15.1 Å². The highest BCUT2D eigenvalue weighted by atomic mass is 28.3.